The topological polar surface area (TPSA) is 24.9 Å². The van der Waals surface area contributed by atoms with Gasteiger partial charge in [0.05, 0.1) is 0 Å². The summed E-state index contributed by atoms with van der Waals surface area (Å²) in [5.41, 5.74) is 1.24. The minimum absolute atomic E-state index is 0.501. The molecule has 5 atom stereocenters. The summed E-state index contributed by atoms with van der Waals surface area (Å²) in [4.78, 5) is 4.58. The van der Waals surface area contributed by atoms with E-state index in [4.69, 9.17) is 0 Å². The van der Waals surface area contributed by atoms with Gasteiger partial charge in [-0.2, -0.15) is 0 Å². The monoisotopic (exact) mass is 286 g/mol. The average molecular weight is 286 g/mol. The minimum Gasteiger partial charge on any atom is -0.316 e. The molecule has 2 nitrogen and oxygen atoms in total. The van der Waals surface area contributed by atoms with Gasteiger partial charge < -0.3 is 5.32 Å². The van der Waals surface area contributed by atoms with Crippen molar-refractivity contribution in [1.29, 1.82) is 0 Å². The SMILES string of the molecule is CNC(C1CCC2CCCCC2C1)C(C)c1ccccn1. The fraction of sp³-hybridized carbons (Fsp3) is 0.737. The van der Waals surface area contributed by atoms with Crippen LogP contribution in [0.15, 0.2) is 24.4 Å². The maximum Gasteiger partial charge on any atom is 0.0447 e. The molecule has 21 heavy (non-hydrogen) atoms. The summed E-state index contributed by atoms with van der Waals surface area (Å²) in [5.74, 6) is 3.37. The number of hydrogen-bond acceptors (Lipinski definition) is 2. The van der Waals surface area contributed by atoms with Crippen LogP contribution in [-0.4, -0.2) is 18.1 Å². The minimum atomic E-state index is 0.501. The Morgan fingerprint density at radius 1 is 1.10 bits per heavy atom. The van der Waals surface area contributed by atoms with E-state index in [1.54, 1.807) is 0 Å². The van der Waals surface area contributed by atoms with Crippen molar-refractivity contribution in [2.75, 3.05) is 7.05 Å². The van der Waals surface area contributed by atoms with Gasteiger partial charge in [0.15, 0.2) is 0 Å². The molecular weight excluding hydrogens is 256 g/mol. The Morgan fingerprint density at radius 2 is 1.90 bits per heavy atom. The standard InChI is InChI=1S/C19H30N2/c1-14(18-9-5-6-12-21-18)19(20-2)17-11-10-15-7-3-4-8-16(15)13-17/h5-6,9,12,14-17,19-20H,3-4,7-8,10-11,13H2,1-2H3. The predicted octanol–water partition coefficient (Wildman–Crippen LogP) is 4.38. The molecule has 0 bridgehead atoms. The second-order valence-corrected chi connectivity index (χ2v) is 7.24. The van der Waals surface area contributed by atoms with Crippen molar-refractivity contribution in [3.8, 4) is 0 Å². The van der Waals surface area contributed by atoms with Gasteiger partial charge in [-0.05, 0) is 56.2 Å². The van der Waals surface area contributed by atoms with Crippen LogP contribution in [0.5, 0.6) is 0 Å². The van der Waals surface area contributed by atoms with Crippen LogP contribution in [0.4, 0.5) is 0 Å². The maximum absolute atomic E-state index is 4.58. The number of nitrogens with one attached hydrogen (secondary N) is 1. The molecule has 0 amide bonds. The quantitative estimate of drug-likeness (QED) is 0.888. The zero-order chi connectivity index (χ0) is 14.7. The molecule has 3 rings (SSSR count). The van der Waals surface area contributed by atoms with Crippen LogP contribution in [0.25, 0.3) is 0 Å². The van der Waals surface area contributed by atoms with Gasteiger partial charge in [0.1, 0.15) is 0 Å². The Hall–Kier alpha value is -0.890. The Balaban J connectivity index is 1.68. The van der Waals surface area contributed by atoms with Crippen molar-refractivity contribution in [2.45, 2.75) is 63.8 Å². The molecule has 1 aromatic rings. The largest absolute Gasteiger partial charge is 0.316 e. The predicted molar refractivity (Wildman–Crippen MR) is 88.3 cm³/mol. The number of rotatable bonds is 4. The van der Waals surface area contributed by atoms with Crippen molar-refractivity contribution in [2.24, 2.45) is 17.8 Å². The molecule has 2 heteroatoms. The first-order valence-electron chi connectivity index (χ1n) is 8.87. The fourth-order valence-corrected chi connectivity index (χ4v) is 4.96. The first-order chi connectivity index (χ1) is 10.3. The average Bonchev–Trinajstić information content (AvgIpc) is 2.56. The summed E-state index contributed by atoms with van der Waals surface area (Å²) in [7, 11) is 2.14. The molecule has 2 fully saturated rings. The van der Waals surface area contributed by atoms with Gasteiger partial charge in [0.25, 0.3) is 0 Å². The molecular formula is C19H30N2. The molecule has 2 saturated carbocycles. The molecule has 0 aromatic carbocycles. The van der Waals surface area contributed by atoms with E-state index in [2.05, 4.69) is 36.4 Å². The number of likely N-dealkylation sites (N-methyl/N-ethyl adjacent to an activating group) is 1. The Bertz CT molecular complexity index is 430. The van der Waals surface area contributed by atoms with Gasteiger partial charge in [-0.1, -0.05) is 38.7 Å². The first kappa shape index (κ1) is 15.0. The maximum atomic E-state index is 4.58. The summed E-state index contributed by atoms with van der Waals surface area (Å²) < 4.78 is 0. The molecule has 0 aliphatic heterocycles. The van der Waals surface area contributed by atoms with Crippen LogP contribution in [0.3, 0.4) is 0 Å². The molecule has 1 heterocycles. The van der Waals surface area contributed by atoms with Crippen molar-refractivity contribution < 1.29 is 0 Å². The Labute approximate surface area is 129 Å². The summed E-state index contributed by atoms with van der Waals surface area (Å²) in [6, 6.07) is 6.88. The van der Waals surface area contributed by atoms with Gasteiger partial charge in [-0.15, -0.1) is 0 Å². The summed E-state index contributed by atoms with van der Waals surface area (Å²) in [5, 5.41) is 3.63. The second-order valence-electron chi connectivity index (χ2n) is 7.24. The lowest BCUT2D eigenvalue weighted by molar-refractivity contribution is 0.105. The Morgan fingerprint density at radius 3 is 2.62 bits per heavy atom. The third-order valence-corrected chi connectivity index (χ3v) is 6.11. The van der Waals surface area contributed by atoms with Crippen LogP contribution in [0.1, 0.15) is 63.5 Å². The second kappa shape index (κ2) is 6.91. The molecule has 116 valence electrons. The normalized spacial score (nSPS) is 32.2. The van der Waals surface area contributed by atoms with Gasteiger partial charge in [-0.3, -0.25) is 4.98 Å². The van der Waals surface area contributed by atoms with Gasteiger partial charge in [-0.25, -0.2) is 0 Å². The lowest BCUT2D eigenvalue weighted by Gasteiger charge is -2.43. The van der Waals surface area contributed by atoms with Crippen LogP contribution in [0.2, 0.25) is 0 Å². The highest BCUT2D eigenvalue weighted by Crippen LogP contribution is 2.45. The van der Waals surface area contributed by atoms with Crippen LogP contribution in [0, 0.1) is 17.8 Å². The third-order valence-electron chi connectivity index (χ3n) is 6.11. The first-order valence-corrected chi connectivity index (χ1v) is 8.87. The van der Waals surface area contributed by atoms with E-state index < -0.39 is 0 Å². The van der Waals surface area contributed by atoms with Gasteiger partial charge in [0, 0.05) is 23.9 Å². The van der Waals surface area contributed by atoms with E-state index in [0.717, 1.165) is 17.8 Å². The smallest absolute Gasteiger partial charge is 0.0447 e. The van der Waals surface area contributed by atoms with Crippen molar-refractivity contribution in [3.63, 3.8) is 0 Å². The number of fused-ring (bicyclic) bond motifs is 1. The molecule has 0 spiro atoms. The zero-order valence-electron chi connectivity index (χ0n) is 13.6. The van der Waals surface area contributed by atoms with Crippen LogP contribution >= 0.6 is 0 Å². The van der Waals surface area contributed by atoms with E-state index >= 15 is 0 Å². The number of pyridine rings is 1. The van der Waals surface area contributed by atoms with E-state index in [1.165, 1.54) is 50.6 Å². The van der Waals surface area contributed by atoms with Gasteiger partial charge in [0.2, 0.25) is 0 Å². The molecule has 1 aromatic heterocycles. The zero-order valence-corrected chi connectivity index (χ0v) is 13.6. The number of nitrogens with zero attached hydrogens (tertiary/aromatic N) is 1. The third kappa shape index (κ3) is 3.31. The van der Waals surface area contributed by atoms with E-state index in [9.17, 15) is 0 Å². The highest BCUT2D eigenvalue weighted by Gasteiger charge is 2.36. The lowest BCUT2D eigenvalue weighted by Crippen LogP contribution is -2.42. The molecule has 5 unspecified atom stereocenters. The highest BCUT2D eigenvalue weighted by molar-refractivity contribution is 5.12. The Kier molecular flexibility index (Phi) is 4.95. The fourth-order valence-electron chi connectivity index (χ4n) is 4.96. The summed E-state index contributed by atoms with van der Waals surface area (Å²) >= 11 is 0. The lowest BCUT2D eigenvalue weighted by atomic mass is 9.65. The summed E-state index contributed by atoms with van der Waals surface area (Å²) in [6.07, 6.45) is 12.2. The number of aromatic nitrogens is 1. The molecule has 0 saturated heterocycles. The highest BCUT2D eigenvalue weighted by atomic mass is 14.9. The van der Waals surface area contributed by atoms with Crippen LogP contribution < -0.4 is 5.32 Å². The van der Waals surface area contributed by atoms with E-state index in [-0.39, 0.29) is 0 Å². The van der Waals surface area contributed by atoms with E-state index in [1.807, 2.05) is 12.3 Å². The van der Waals surface area contributed by atoms with Crippen molar-refractivity contribution in [1.82, 2.24) is 10.3 Å². The molecule has 0 radical (unpaired) electrons. The molecule has 1 N–H and O–H groups in total. The van der Waals surface area contributed by atoms with Gasteiger partial charge >= 0.3 is 0 Å². The van der Waals surface area contributed by atoms with Crippen molar-refractivity contribution in [3.05, 3.63) is 30.1 Å². The number of hydrogen-bond donors (Lipinski definition) is 1. The van der Waals surface area contributed by atoms with Crippen LogP contribution in [-0.2, 0) is 0 Å². The molecule has 2 aliphatic carbocycles. The van der Waals surface area contributed by atoms with E-state index in [0.29, 0.717) is 12.0 Å². The van der Waals surface area contributed by atoms with Crippen molar-refractivity contribution >= 4 is 0 Å². The summed E-state index contributed by atoms with van der Waals surface area (Å²) in [6.45, 7) is 2.34. The molecule has 2 aliphatic rings.